The Morgan fingerprint density at radius 3 is 2.68 bits per heavy atom. The lowest BCUT2D eigenvalue weighted by atomic mass is 10.0. The van der Waals surface area contributed by atoms with Gasteiger partial charge in [0, 0.05) is 43.5 Å². The minimum absolute atomic E-state index is 0.220. The summed E-state index contributed by atoms with van der Waals surface area (Å²) in [5.41, 5.74) is 2.88. The molecule has 0 saturated heterocycles. The van der Waals surface area contributed by atoms with Crippen molar-refractivity contribution in [3.05, 3.63) is 60.6 Å². The lowest BCUT2D eigenvalue weighted by Crippen LogP contribution is -2.13. The molecule has 3 aromatic heterocycles. The molecular weight excluding hydrogens is 316 g/mol. The van der Waals surface area contributed by atoms with Crippen LogP contribution in [0.15, 0.2) is 55.0 Å². The normalized spacial score (nSPS) is 11.0. The van der Waals surface area contributed by atoms with E-state index in [-0.39, 0.29) is 5.91 Å². The molecule has 0 radical (unpaired) electrons. The van der Waals surface area contributed by atoms with Crippen LogP contribution >= 0.6 is 0 Å². The van der Waals surface area contributed by atoms with Gasteiger partial charge in [-0.2, -0.15) is 10.2 Å². The fraction of sp³-hybridized carbons (Fsp3) is 0.111. The van der Waals surface area contributed by atoms with Gasteiger partial charge in [0.25, 0.3) is 5.91 Å². The van der Waals surface area contributed by atoms with Gasteiger partial charge in [-0.05, 0) is 12.1 Å². The monoisotopic (exact) mass is 332 g/mol. The molecule has 3 heterocycles. The van der Waals surface area contributed by atoms with Gasteiger partial charge in [-0.1, -0.05) is 18.2 Å². The largest absolute Gasteiger partial charge is 0.305 e. The van der Waals surface area contributed by atoms with Gasteiger partial charge in [-0.25, -0.2) is 4.98 Å². The standard InChI is InChI=1S/C18H16N6O/c1-23-8-7-17(22-23)21-18(25)14-9-16(12-10-19-24(2)11-12)20-15-6-4-3-5-13(14)15/h3-11H,1-2H3,(H,21,22,25). The number of rotatable bonds is 3. The van der Waals surface area contributed by atoms with Crippen molar-refractivity contribution in [3.8, 4) is 11.3 Å². The number of hydrogen-bond acceptors (Lipinski definition) is 4. The van der Waals surface area contributed by atoms with E-state index in [2.05, 4.69) is 20.5 Å². The van der Waals surface area contributed by atoms with Crippen LogP contribution in [0.4, 0.5) is 5.82 Å². The van der Waals surface area contributed by atoms with Crippen molar-refractivity contribution in [2.24, 2.45) is 14.1 Å². The van der Waals surface area contributed by atoms with Gasteiger partial charge in [0.2, 0.25) is 0 Å². The molecule has 0 bridgehead atoms. The van der Waals surface area contributed by atoms with Gasteiger partial charge >= 0.3 is 0 Å². The van der Waals surface area contributed by atoms with E-state index in [0.29, 0.717) is 17.1 Å². The Kier molecular flexibility index (Phi) is 3.53. The summed E-state index contributed by atoms with van der Waals surface area (Å²) in [6.45, 7) is 0. The molecule has 0 fully saturated rings. The maximum Gasteiger partial charge on any atom is 0.257 e. The van der Waals surface area contributed by atoms with Crippen molar-refractivity contribution < 1.29 is 4.79 Å². The SMILES string of the molecule is Cn1cc(-c2cc(C(=O)Nc3ccn(C)n3)c3ccccc3n2)cn1. The van der Waals surface area contributed by atoms with E-state index in [1.54, 1.807) is 40.9 Å². The van der Waals surface area contributed by atoms with Gasteiger partial charge in [0.15, 0.2) is 5.82 Å². The van der Waals surface area contributed by atoms with E-state index in [4.69, 9.17) is 0 Å². The smallest absolute Gasteiger partial charge is 0.257 e. The predicted octanol–water partition coefficient (Wildman–Crippen LogP) is 2.62. The summed E-state index contributed by atoms with van der Waals surface area (Å²) >= 11 is 0. The van der Waals surface area contributed by atoms with Gasteiger partial charge in [0.1, 0.15) is 0 Å². The summed E-state index contributed by atoms with van der Waals surface area (Å²) in [6, 6.07) is 11.1. The maximum absolute atomic E-state index is 12.8. The first-order valence-corrected chi connectivity index (χ1v) is 7.80. The summed E-state index contributed by atoms with van der Waals surface area (Å²) in [4.78, 5) is 17.5. The minimum Gasteiger partial charge on any atom is -0.305 e. The van der Waals surface area contributed by atoms with Crippen LogP contribution in [0.1, 0.15) is 10.4 Å². The molecule has 7 heteroatoms. The zero-order valence-corrected chi connectivity index (χ0v) is 13.8. The number of nitrogens with one attached hydrogen (secondary N) is 1. The lowest BCUT2D eigenvalue weighted by molar-refractivity contribution is 0.102. The van der Waals surface area contributed by atoms with Crippen molar-refractivity contribution in [1.29, 1.82) is 0 Å². The van der Waals surface area contributed by atoms with E-state index in [1.165, 1.54) is 0 Å². The second kappa shape index (κ2) is 5.86. The van der Waals surface area contributed by atoms with Crippen LogP contribution in [0.5, 0.6) is 0 Å². The van der Waals surface area contributed by atoms with Crippen LogP contribution in [-0.4, -0.2) is 30.5 Å². The highest BCUT2D eigenvalue weighted by Gasteiger charge is 2.15. The molecule has 0 atom stereocenters. The number of anilines is 1. The first kappa shape index (κ1) is 15.1. The molecule has 0 aliphatic heterocycles. The number of aromatic nitrogens is 5. The molecule has 4 rings (SSSR count). The van der Waals surface area contributed by atoms with Crippen molar-refractivity contribution in [3.63, 3.8) is 0 Å². The minimum atomic E-state index is -0.220. The van der Waals surface area contributed by atoms with E-state index in [1.807, 2.05) is 37.5 Å². The van der Waals surface area contributed by atoms with Crippen LogP contribution in [-0.2, 0) is 14.1 Å². The summed E-state index contributed by atoms with van der Waals surface area (Å²) in [5, 5.41) is 12.0. The number of fused-ring (bicyclic) bond motifs is 1. The molecule has 0 unspecified atom stereocenters. The van der Waals surface area contributed by atoms with E-state index < -0.39 is 0 Å². The third kappa shape index (κ3) is 2.87. The van der Waals surface area contributed by atoms with Crippen LogP contribution in [0.3, 0.4) is 0 Å². The number of para-hydroxylation sites is 1. The highest BCUT2D eigenvalue weighted by Crippen LogP contribution is 2.25. The third-order valence-corrected chi connectivity index (χ3v) is 3.92. The zero-order chi connectivity index (χ0) is 17.4. The molecule has 0 saturated carbocycles. The summed E-state index contributed by atoms with van der Waals surface area (Å²) in [5.74, 6) is 0.291. The first-order valence-electron chi connectivity index (χ1n) is 7.80. The fourth-order valence-electron chi connectivity index (χ4n) is 2.73. The van der Waals surface area contributed by atoms with E-state index in [9.17, 15) is 4.79 Å². The van der Waals surface area contributed by atoms with Gasteiger partial charge in [0.05, 0.1) is 23.0 Å². The third-order valence-electron chi connectivity index (χ3n) is 3.92. The molecule has 1 N–H and O–H groups in total. The van der Waals surface area contributed by atoms with Gasteiger partial charge < -0.3 is 5.32 Å². The summed E-state index contributed by atoms with van der Waals surface area (Å²) < 4.78 is 3.35. The second-order valence-corrected chi connectivity index (χ2v) is 5.80. The Labute approximate surface area is 143 Å². The van der Waals surface area contributed by atoms with E-state index in [0.717, 1.165) is 16.5 Å². The molecule has 124 valence electrons. The zero-order valence-electron chi connectivity index (χ0n) is 13.8. The highest BCUT2D eigenvalue weighted by atomic mass is 16.1. The predicted molar refractivity (Wildman–Crippen MR) is 95.1 cm³/mol. The van der Waals surface area contributed by atoms with Crippen LogP contribution < -0.4 is 5.32 Å². The Morgan fingerprint density at radius 2 is 1.96 bits per heavy atom. The lowest BCUT2D eigenvalue weighted by Gasteiger charge is -2.08. The molecule has 4 aromatic rings. The Balaban J connectivity index is 1.82. The average molecular weight is 332 g/mol. The second-order valence-electron chi connectivity index (χ2n) is 5.80. The topological polar surface area (TPSA) is 77.6 Å². The van der Waals surface area contributed by atoms with Crippen molar-refractivity contribution in [2.75, 3.05) is 5.32 Å². The van der Waals surface area contributed by atoms with Crippen molar-refractivity contribution >= 4 is 22.6 Å². The van der Waals surface area contributed by atoms with E-state index >= 15 is 0 Å². The molecule has 0 aliphatic carbocycles. The molecular formula is C18H16N6O. The molecule has 25 heavy (non-hydrogen) atoms. The number of hydrogen-bond donors (Lipinski definition) is 1. The number of nitrogens with zero attached hydrogens (tertiary/aromatic N) is 5. The molecule has 0 spiro atoms. The summed E-state index contributed by atoms with van der Waals surface area (Å²) in [7, 11) is 3.65. The number of carbonyl (C=O) groups excluding carboxylic acids is 1. The quantitative estimate of drug-likeness (QED) is 0.625. The average Bonchev–Trinajstić information content (AvgIpc) is 3.22. The number of carbonyl (C=O) groups is 1. The number of benzene rings is 1. The molecule has 1 amide bonds. The van der Waals surface area contributed by atoms with Crippen molar-refractivity contribution in [1.82, 2.24) is 24.5 Å². The fourth-order valence-corrected chi connectivity index (χ4v) is 2.73. The summed E-state index contributed by atoms with van der Waals surface area (Å²) in [6.07, 6.45) is 5.39. The van der Waals surface area contributed by atoms with Gasteiger partial charge in [-0.15, -0.1) is 0 Å². The Bertz CT molecular complexity index is 1080. The number of amides is 1. The van der Waals surface area contributed by atoms with Crippen LogP contribution in [0.2, 0.25) is 0 Å². The molecule has 1 aromatic carbocycles. The Morgan fingerprint density at radius 1 is 1.12 bits per heavy atom. The highest BCUT2D eigenvalue weighted by molar-refractivity contribution is 6.12. The Hall–Kier alpha value is -3.48. The maximum atomic E-state index is 12.8. The first-order chi connectivity index (χ1) is 12.1. The van der Waals surface area contributed by atoms with Gasteiger partial charge in [-0.3, -0.25) is 14.2 Å². The van der Waals surface area contributed by atoms with Crippen LogP contribution in [0.25, 0.3) is 22.2 Å². The van der Waals surface area contributed by atoms with Crippen LogP contribution in [0, 0.1) is 0 Å². The molecule has 7 nitrogen and oxygen atoms in total. The van der Waals surface area contributed by atoms with Crippen molar-refractivity contribution in [2.45, 2.75) is 0 Å². The molecule has 0 aliphatic rings. The number of aryl methyl sites for hydroxylation is 2. The number of pyridine rings is 1.